The molecule has 2 bridgehead atoms. The Morgan fingerprint density at radius 1 is 1.43 bits per heavy atom. The maximum Gasteiger partial charge on any atom is 0.315 e. The van der Waals surface area contributed by atoms with Gasteiger partial charge in [0.2, 0.25) is 0 Å². The molecule has 5 nitrogen and oxygen atoms in total. The lowest BCUT2D eigenvalue weighted by Crippen LogP contribution is -2.50. The fraction of sp³-hybridized carbons (Fsp3) is 0.588. The number of halogens is 1. The van der Waals surface area contributed by atoms with Gasteiger partial charge < -0.3 is 20.1 Å². The van der Waals surface area contributed by atoms with Crippen molar-refractivity contribution < 1.29 is 18.7 Å². The van der Waals surface area contributed by atoms with E-state index in [4.69, 9.17) is 9.47 Å². The fourth-order valence-corrected chi connectivity index (χ4v) is 3.20. The summed E-state index contributed by atoms with van der Waals surface area (Å²) in [6.45, 7) is 2.19. The number of hydrogen-bond donors (Lipinski definition) is 2. The molecule has 2 aliphatic rings. The third kappa shape index (κ3) is 3.93. The first-order chi connectivity index (χ1) is 11.2. The Morgan fingerprint density at radius 3 is 2.91 bits per heavy atom. The summed E-state index contributed by atoms with van der Waals surface area (Å²) in [5, 5.41) is 5.87. The molecule has 23 heavy (non-hydrogen) atoms. The largest absolute Gasteiger partial charge is 0.488 e. The molecule has 2 saturated heterocycles. The van der Waals surface area contributed by atoms with E-state index in [9.17, 15) is 9.18 Å². The van der Waals surface area contributed by atoms with Crippen LogP contribution in [0.1, 0.15) is 32.6 Å². The summed E-state index contributed by atoms with van der Waals surface area (Å²) >= 11 is 0. The maximum absolute atomic E-state index is 13.5. The number of amides is 2. The van der Waals surface area contributed by atoms with E-state index in [1.165, 1.54) is 6.07 Å². The molecule has 1 aromatic rings. The summed E-state index contributed by atoms with van der Waals surface area (Å²) < 4.78 is 24.7. The van der Waals surface area contributed by atoms with E-state index in [-0.39, 0.29) is 36.6 Å². The summed E-state index contributed by atoms with van der Waals surface area (Å²) in [5.74, 6) is -0.194. The monoisotopic (exact) mass is 322 g/mol. The third-order valence-corrected chi connectivity index (χ3v) is 4.53. The number of para-hydroxylation sites is 1. The minimum atomic E-state index is -0.397. The Hall–Kier alpha value is -1.82. The van der Waals surface area contributed by atoms with Crippen LogP contribution in [-0.2, 0) is 4.74 Å². The molecule has 2 fully saturated rings. The van der Waals surface area contributed by atoms with Crippen LogP contribution in [0.15, 0.2) is 24.3 Å². The molecule has 3 rings (SSSR count). The molecule has 4 unspecified atom stereocenters. The van der Waals surface area contributed by atoms with Crippen molar-refractivity contribution in [3.8, 4) is 5.75 Å². The molecule has 0 spiro atoms. The van der Waals surface area contributed by atoms with Gasteiger partial charge in [-0.15, -0.1) is 0 Å². The molecule has 2 amide bonds. The number of fused-ring (bicyclic) bond motifs is 2. The molecule has 1 aromatic carbocycles. The molecular weight excluding hydrogens is 299 g/mol. The minimum Gasteiger partial charge on any atom is -0.488 e. The average molecular weight is 322 g/mol. The molecule has 0 saturated carbocycles. The van der Waals surface area contributed by atoms with E-state index in [0.29, 0.717) is 12.5 Å². The molecular formula is C17H23FN2O3. The van der Waals surface area contributed by atoms with Crippen molar-refractivity contribution in [3.05, 3.63) is 30.1 Å². The molecule has 126 valence electrons. The van der Waals surface area contributed by atoms with Crippen LogP contribution in [0.5, 0.6) is 5.75 Å². The fourth-order valence-electron chi connectivity index (χ4n) is 3.20. The van der Waals surface area contributed by atoms with E-state index < -0.39 is 5.82 Å². The molecule has 2 heterocycles. The van der Waals surface area contributed by atoms with E-state index >= 15 is 0 Å². The van der Waals surface area contributed by atoms with Gasteiger partial charge in [0, 0.05) is 0 Å². The van der Waals surface area contributed by atoms with Gasteiger partial charge in [-0.2, -0.15) is 0 Å². The number of ether oxygens (including phenoxy) is 2. The average Bonchev–Trinajstić information content (AvgIpc) is 3.15. The van der Waals surface area contributed by atoms with Crippen LogP contribution >= 0.6 is 0 Å². The highest BCUT2D eigenvalue weighted by molar-refractivity contribution is 5.74. The molecule has 6 heteroatoms. The van der Waals surface area contributed by atoms with Crippen molar-refractivity contribution in [2.75, 3.05) is 6.61 Å². The van der Waals surface area contributed by atoms with Crippen molar-refractivity contribution in [1.82, 2.24) is 10.6 Å². The first-order valence-electron chi connectivity index (χ1n) is 8.25. The van der Waals surface area contributed by atoms with Gasteiger partial charge >= 0.3 is 6.03 Å². The Labute approximate surface area is 135 Å². The van der Waals surface area contributed by atoms with E-state index in [0.717, 1.165) is 19.3 Å². The lowest BCUT2D eigenvalue weighted by Gasteiger charge is -2.23. The van der Waals surface area contributed by atoms with E-state index in [2.05, 4.69) is 10.6 Å². The second-order valence-electron chi connectivity index (χ2n) is 6.18. The van der Waals surface area contributed by atoms with Gasteiger partial charge in [0.25, 0.3) is 0 Å². The predicted octanol–water partition coefficient (Wildman–Crippen LogP) is 2.60. The normalized spacial score (nSPS) is 26.8. The number of benzene rings is 1. The van der Waals surface area contributed by atoms with Gasteiger partial charge in [0.1, 0.15) is 6.61 Å². The summed E-state index contributed by atoms with van der Waals surface area (Å²) in [6.07, 6.45) is 4.16. The van der Waals surface area contributed by atoms with Crippen LogP contribution in [0.2, 0.25) is 0 Å². The molecule has 0 aliphatic carbocycles. The van der Waals surface area contributed by atoms with E-state index in [1.807, 2.05) is 6.92 Å². The summed E-state index contributed by atoms with van der Waals surface area (Å²) in [4.78, 5) is 12.1. The highest BCUT2D eigenvalue weighted by Gasteiger charge is 2.41. The van der Waals surface area contributed by atoms with Crippen molar-refractivity contribution in [3.63, 3.8) is 0 Å². The molecule has 2 aliphatic heterocycles. The Bertz CT molecular complexity index is 554. The van der Waals surface area contributed by atoms with Gasteiger partial charge in [-0.25, -0.2) is 9.18 Å². The summed E-state index contributed by atoms with van der Waals surface area (Å²) in [5.41, 5.74) is 0. The Balaban J connectivity index is 1.45. The van der Waals surface area contributed by atoms with Crippen molar-refractivity contribution >= 4 is 6.03 Å². The lowest BCUT2D eigenvalue weighted by atomic mass is 9.96. The Kier molecular flexibility index (Phi) is 5.00. The molecule has 0 radical (unpaired) electrons. The van der Waals surface area contributed by atoms with Crippen molar-refractivity contribution in [1.29, 1.82) is 0 Å². The zero-order chi connectivity index (χ0) is 16.2. The maximum atomic E-state index is 13.5. The van der Waals surface area contributed by atoms with Crippen molar-refractivity contribution in [2.45, 2.75) is 56.9 Å². The number of carbonyl (C=O) groups is 1. The lowest BCUT2D eigenvalue weighted by molar-refractivity contribution is 0.0979. The Morgan fingerprint density at radius 2 is 2.26 bits per heavy atom. The summed E-state index contributed by atoms with van der Waals surface area (Å²) in [7, 11) is 0. The van der Waals surface area contributed by atoms with Gasteiger partial charge in [-0.1, -0.05) is 19.1 Å². The first kappa shape index (κ1) is 16.1. The smallest absolute Gasteiger partial charge is 0.315 e. The molecule has 4 atom stereocenters. The highest BCUT2D eigenvalue weighted by Crippen LogP contribution is 2.34. The van der Waals surface area contributed by atoms with Gasteiger partial charge in [-0.05, 0) is 37.8 Å². The quantitative estimate of drug-likeness (QED) is 0.846. The number of hydrogen-bond acceptors (Lipinski definition) is 3. The number of urea groups is 1. The number of carbonyl (C=O) groups excluding carboxylic acids is 1. The number of nitrogens with one attached hydrogen (secondary N) is 2. The second-order valence-corrected chi connectivity index (χ2v) is 6.18. The highest BCUT2D eigenvalue weighted by atomic mass is 19.1. The summed E-state index contributed by atoms with van der Waals surface area (Å²) in [6, 6.07) is 5.97. The topological polar surface area (TPSA) is 59.6 Å². The van der Waals surface area contributed by atoms with Crippen LogP contribution < -0.4 is 15.4 Å². The second kappa shape index (κ2) is 7.17. The SMILES string of the molecule is CCC(COc1ccccc1F)NC(=O)NC1CC2CCC1O2. The predicted molar refractivity (Wildman–Crippen MR) is 83.9 cm³/mol. The van der Waals surface area contributed by atoms with Crippen LogP contribution in [0.4, 0.5) is 9.18 Å². The molecule has 2 N–H and O–H groups in total. The van der Waals surface area contributed by atoms with Gasteiger partial charge in [0.15, 0.2) is 11.6 Å². The first-order valence-corrected chi connectivity index (χ1v) is 8.25. The van der Waals surface area contributed by atoms with Gasteiger partial charge in [0.05, 0.1) is 24.3 Å². The zero-order valence-corrected chi connectivity index (χ0v) is 13.3. The van der Waals surface area contributed by atoms with E-state index in [1.54, 1.807) is 18.2 Å². The van der Waals surface area contributed by atoms with Gasteiger partial charge in [-0.3, -0.25) is 0 Å². The van der Waals surface area contributed by atoms with Crippen LogP contribution in [0.25, 0.3) is 0 Å². The van der Waals surface area contributed by atoms with Crippen LogP contribution in [0, 0.1) is 5.82 Å². The third-order valence-electron chi connectivity index (χ3n) is 4.53. The standard InChI is InChI=1S/C17H23FN2O3/c1-2-11(10-22-15-6-4-3-5-13(15)18)19-17(21)20-14-9-12-7-8-16(14)23-12/h3-6,11-12,14,16H,2,7-10H2,1H3,(H2,19,20,21). The minimum absolute atomic E-state index is 0.0961. The molecule has 0 aromatic heterocycles. The van der Waals surface area contributed by atoms with Crippen molar-refractivity contribution in [2.24, 2.45) is 0 Å². The number of rotatable bonds is 6. The van der Waals surface area contributed by atoms with Crippen LogP contribution in [-0.4, -0.2) is 36.9 Å². The zero-order valence-electron chi connectivity index (χ0n) is 13.3. The van der Waals surface area contributed by atoms with Crippen LogP contribution in [0.3, 0.4) is 0 Å².